The van der Waals surface area contributed by atoms with Gasteiger partial charge in [-0.3, -0.25) is 5.10 Å². The second-order valence-electron chi connectivity index (χ2n) is 2.52. The first kappa shape index (κ1) is 10.2. The Labute approximate surface area is 78.2 Å². The molecule has 1 aromatic heterocycles. The lowest BCUT2D eigenvalue weighted by Crippen LogP contribution is -2.17. The SMILES string of the molecule is N#CC(O)C(O)c1cn[nH]c1C(=O)O. The van der Waals surface area contributed by atoms with Gasteiger partial charge in [-0.1, -0.05) is 0 Å². The summed E-state index contributed by atoms with van der Waals surface area (Å²) in [7, 11) is 0. The minimum absolute atomic E-state index is 0.119. The highest BCUT2D eigenvalue weighted by Crippen LogP contribution is 2.18. The van der Waals surface area contributed by atoms with Gasteiger partial charge in [0.05, 0.1) is 12.3 Å². The van der Waals surface area contributed by atoms with Crippen molar-refractivity contribution in [2.45, 2.75) is 12.2 Å². The first-order valence-electron chi connectivity index (χ1n) is 3.60. The van der Waals surface area contributed by atoms with E-state index in [4.69, 9.17) is 15.5 Å². The summed E-state index contributed by atoms with van der Waals surface area (Å²) in [5.41, 5.74) is -0.460. The number of aliphatic hydroxyl groups excluding tert-OH is 2. The Bertz CT molecular complexity index is 381. The summed E-state index contributed by atoms with van der Waals surface area (Å²) in [5.74, 6) is -1.32. The van der Waals surface area contributed by atoms with Crippen LogP contribution in [0.25, 0.3) is 0 Å². The molecule has 7 heteroatoms. The van der Waals surface area contributed by atoms with Crippen LogP contribution in [0.2, 0.25) is 0 Å². The van der Waals surface area contributed by atoms with Gasteiger partial charge >= 0.3 is 5.97 Å². The summed E-state index contributed by atoms with van der Waals surface area (Å²) < 4.78 is 0. The molecule has 0 aliphatic carbocycles. The molecule has 0 spiro atoms. The smallest absolute Gasteiger partial charge is 0.354 e. The Hall–Kier alpha value is -1.91. The van der Waals surface area contributed by atoms with Crippen molar-refractivity contribution in [3.63, 3.8) is 0 Å². The Morgan fingerprint density at radius 1 is 1.64 bits per heavy atom. The van der Waals surface area contributed by atoms with Crippen LogP contribution in [0.5, 0.6) is 0 Å². The minimum atomic E-state index is -1.68. The third-order valence-electron chi connectivity index (χ3n) is 1.63. The predicted molar refractivity (Wildman–Crippen MR) is 42.1 cm³/mol. The molecule has 0 aliphatic heterocycles. The monoisotopic (exact) mass is 197 g/mol. The van der Waals surface area contributed by atoms with Crippen molar-refractivity contribution < 1.29 is 20.1 Å². The van der Waals surface area contributed by atoms with Crippen molar-refractivity contribution in [3.8, 4) is 6.07 Å². The molecule has 0 saturated heterocycles. The molecule has 7 nitrogen and oxygen atoms in total. The zero-order valence-electron chi connectivity index (χ0n) is 6.88. The normalized spacial score (nSPS) is 14.4. The van der Waals surface area contributed by atoms with Gasteiger partial charge in [-0.15, -0.1) is 0 Å². The second-order valence-corrected chi connectivity index (χ2v) is 2.52. The third-order valence-corrected chi connectivity index (χ3v) is 1.63. The topological polar surface area (TPSA) is 130 Å². The van der Waals surface area contributed by atoms with Gasteiger partial charge in [0.15, 0.2) is 6.10 Å². The lowest BCUT2D eigenvalue weighted by molar-refractivity contribution is 0.0498. The quantitative estimate of drug-likeness (QED) is 0.461. The van der Waals surface area contributed by atoms with Gasteiger partial charge in [0.1, 0.15) is 11.8 Å². The zero-order chi connectivity index (χ0) is 10.7. The fourth-order valence-electron chi connectivity index (χ4n) is 0.932. The van der Waals surface area contributed by atoms with Crippen LogP contribution in [0, 0.1) is 11.3 Å². The number of aliphatic hydroxyl groups is 2. The second kappa shape index (κ2) is 3.87. The molecule has 0 bridgehead atoms. The average molecular weight is 197 g/mol. The van der Waals surface area contributed by atoms with Gasteiger partial charge < -0.3 is 15.3 Å². The molecule has 1 rings (SSSR count). The van der Waals surface area contributed by atoms with Crippen LogP contribution in [0.4, 0.5) is 0 Å². The number of carboxylic acid groups (broad SMARTS) is 1. The molecule has 1 aromatic rings. The highest BCUT2D eigenvalue weighted by molar-refractivity contribution is 5.87. The molecule has 0 aliphatic rings. The number of carboxylic acids is 1. The van der Waals surface area contributed by atoms with Crippen molar-refractivity contribution in [3.05, 3.63) is 17.5 Å². The van der Waals surface area contributed by atoms with Gasteiger partial charge in [0.2, 0.25) is 0 Å². The summed E-state index contributed by atoms with van der Waals surface area (Å²) in [6, 6.07) is 1.39. The minimum Gasteiger partial charge on any atom is -0.477 e. The van der Waals surface area contributed by atoms with E-state index in [0.29, 0.717) is 0 Å². The maximum Gasteiger partial charge on any atom is 0.354 e. The Morgan fingerprint density at radius 3 is 2.79 bits per heavy atom. The number of carbonyl (C=O) groups is 1. The van der Waals surface area contributed by atoms with Crippen LogP contribution >= 0.6 is 0 Å². The molecule has 2 atom stereocenters. The van der Waals surface area contributed by atoms with Crippen molar-refractivity contribution in [2.75, 3.05) is 0 Å². The average Bonchev–Trinajstić information content (AvgIpc) is 2.63. The number of nitrogens with one attached hydrogen (secondary N) is 1. The Balaban J connectivity index is 3.02. The van der Waals surface area contributed by atoms with E-state index >= 15 is 0 Å². The summed E-state index contributed by atoms with van der Waals surface area (Å²) in [5, 5.41) is 40.7. The van der Waals surface area contributed by atoms with Crippen LogP contribution in [0.3, 0.4) is 0 Å². The van der Waals surface area contributed by atoms with Gasteiger partial charge in [0.25, 0.3) is 0 Å². The van der Waals surface area contributed by atoms with Crippen LogP contribution in [-0.4, -0.2) is 37.6 Å². The van der Waals surface area contributed by atoms with Gasteiger partial charge in [-0.05, 0) is 0 Å². The highest BCUT2D eigenvalue weighted by atomic mass is 16.4. The number of hydrogen-bond acceptors (Lipinski definition) is 5. The van der Waals surface area contributed by atoms with E-state index in [2.05, 4.69) is 10.2 Å². The maximum atomic E-state index is 10.6. The highest BCUT2D eigenvalue weighted by Gasteiger charge is 2.24. The van der Waals surface area contributed by atoms with Crippen LogP contribution in [0.1, 0.15) is 22.2 Å². The molecule has 1 heterocycles. The van der Waals surface area contributed by atoms with E-state index in [9.17, 15) is 9.90 Å². The molecule has 2 unspecified atom stereocenters. The van der Waals surface area contributed by atoms with Crippen molar-refractivity contribution in [1.82, 2.24) is 10.2 Å². The number of H-pyrrole nitrogens is 1. The number of rotatable bonds is 3. The lowest BCUT2D eigenvalue weighted by atomic mass is 10.1. The molecule has 0 aromatic carbocycles. The van der Waals surface area contributed by atoms with E-state index in [0.717, 1.165) is 6.20 Å². The third kappa shape index (κ3) is 1.71. The summed E-state index contributed by atoms with van der Waals surface area (Å²) in [6.45, 7) is 0. The molecule has 0 radical (unpaired) electrons. The number of aromatic nitrogens is 2. The molecular formula is C7H7N3O4. The number of aromatic amines is 1. The number of aromatic carboxylic acids is 1. The van der Waals surface area contributed by atoms with E-state index < -0.39 is 18.2 Å². The molecular weight excluding hydrogens is 190 g/mol. The van der Waals surface area contributed by atoms with Crippen molar-refractivity contribution >= 4 is 5.97 Å². The molecule has 74 valence electrons. The maximum absolute atomic E-state index is 10.6. The van der Waals surface area contributed by atoms with Crippen LogP contribution < -0.4 is 0 Å². The van der Waals surface area contributed by atoms with Crippen LogP contribution in [-0.2, 0) is 0 Å². The molecule has 4 N–H and O–H groups in total. The lowest BCUT2D eigenvalue weighted by Gasteiger charge is -2.09. The first-order chi connectivity index (χ1) is 6.57. The van der Waals surface area contributed by atoms with E-state index in [-0.39, 0.29) is 11.3 Å². The first-order valence-corrected chi connectivity index (χ1v) is 3.60. The number of hydrogen-bond donors (Lipinski definition) is 4. The molecule has 0 fully saturated rings. The number of nitrogens with zero attached hydrogens (tertiary/aromatic N) is 2. The van der Waals surface area contributed by atoms with E-state index in [1.54, 1.807) is 0 Å². The van der Waals surface area contributed by atoms with Gasteiger partial charge in [-0.2, -0.15) is 10.4 Å². The predicted octanol–water partition coefficient (Wildman–Crippen LogP) is -0.974. The van der Waals surface area contributed by atoms with Crippen molar-refractivity contribution in [1.29, 1.82) is 5.26 Å². The summed E-state index contributed by atoms with van der Waals surface area (Å²) in [6.07, 6.45) is -2.20. The molecule has 0 amide bonds. The standard InChI is InChI=1S/C7H7N3O4/c8-1-4(11)6(12)3-2-9-10-5(3)7(13)14/h2,4,6,11-12H,(H,9,10)(H,13,14). The largest absolute Gasteiger partial charge is 0.477 e. The van der Waals surface area contributed by atoms with Gasteiger partial charge in [-0.25, -0.2) is 4.79 Å². The van der Waals surface area contributed by atoms with E-state index in [1.165, 1.54) is 6.07 Å². The van der Waals surface area contributed by atoms with Crippen LogP contribution in [0.15, 0.2) is 6.20 Å². The summed E-state index contributed by atoms with van der Waals surface area (Å²) >= 11 is 0. The fourth-order valence-corrected chi connectivity index (χ4v) is 0.932. The Kier molecular flexibility index (Phi) is 2.81. The Morgan fingerprint density at radius 2 is 2.29 bits per heavy atom. The molecule has 0 saturated carbocycles. The number of nitriles is 1. The fraction of sp³-hybridized carbons (Fsp3) is 0.286. The van der Waals surface area contributed by atoms with E-state index in [1.807, 2.05) is 0 Å². The summed E-state index contributed by atoms with van der Waals surface area (Å²) in [4.78, 5) is 10.6. The zero-order valence-corrected chi connectivity index (χ0v) is 6.88. The van der Waals surface area contributed by atoms with Gasteiger partial charge in [0, 0.05) is 5.56 Å². The molecule has 14 heavy (non-hydrogen) atoms. The van der Waals surface area contributed by atoms with Crippen molar-refractivity contribution in [2.24, 2.45) is 0 Å².